The van der Waals surface area contributed by atoms with Crippen molar-refractivity contribution in [2.45, 2.75) is 25.8 Å². The van der Waals surface area contributed by atoms with Crippen LogP contribution in [0.15, 0.2) is 12.3 Å². The molecule has 94 valence electrons. The van der Waals surface area contributed by atoms with E-state index in [1.165, 1.54) is 0 Å². The lowest BCUT2D eigenvalue weighted by atomic mass is 9.94. The summed E-state index contributed by atoms with van der Waals surface area (Å²) in [5.74, 6) is 0.156. The molecule has 0 aliphatic carbocycles. The molecule has 1 aromatic rings. The van der Waals surface area contributed by atoms with E-state index in [9.17, 15) is 9.90 Å². The molecule has 1 amide bonds. The molecule has 2 rings (SSSR count). The zero-order chi connectivity index (χ0) is 12.4. The molecule has 2 atom stereocenters. The van der Waals surface area contributed by atoms with Crippen molar-refractivity contribution >= 4 is 17.5 Å². The molecule has 1 aliphatic rings. The smallest absolute Gasteiger partial charge is 0.270 e. The Labute approximate surface area is 106 Å². The normalized spacial score (nSPS) is 25.0. The standard InChI is InChI=1S/C12H17ClN2O2/c1-8-2-3-9(7-16)6-15(8)12(17)11-4-10(13)5-14-11/h4-5,8-9,14,16H,2-3,6-7H2,1H3. The van der Waals surface area contributed by atoms with Crippen LogP contribution in [0, 0.1) is 5.92 Å². The lowest BCUT2D eigenvalue weighted by Crippen LogP contribution is -2.46. The molecule has 0 spiro atoms. The number of nitrogens with zero attached hydrogens (tertiary/aromatic N) is 1. The van der Waals surface area contributed by atoms with Gasteiger partial charge in [-0.15, -0.1) is 0 Å². The average Bonchev–Trinajstić information content (AvgIpc) is 2.76. The predicted octanol–water partition coefficient (Wildman–Crippen LogP) is 1.90. The van der Waals surface area contributed by atoms with Crippen molar-refractivity contribution in [2.24, 2.45) is 5.92 Å². The summed E-state index contributed by atoms with van der Waals surface area (Å²) in [4.78, 5) is 16.9. The molecule has 0 radical (unpaired) electrons. The molecule has 17 heavy (non-hydrogen) atoms. The quantitative estimate of drug-likeness (QED) is 0.849. The van der Waals surface area contributed by atoms with Gasteiger partial charge in [-0.05, 0) is 31.7 Å². The van der Waals surface area contributed by atoms with Gasteiger partial charge in [0.25, 0.3) is 5.91 Å². The second-order valence-electron chi connectivity index (χ2n) is 4.66. The number of H-pyrrole nitrogens is 1. The lowest BCUT2D eigenvalue weighted by molar-refractivity contribution is 0.0484. The van der Waals surface area contributed by atoms with Crippen LogP contribution in [0.25, 0.3) is 0 Å². The maximum absolute atomic E-state index is 12.2. The van der Waals surface area contributed by atoms with Crippen molar-refractivity contribution in [2.75, 3.05) is 13.2 Å². The zero-order valence-corrected chi connectivity index (χ0v) is 10.6. The minimum absolute atomic E-state index is 0.0393. The fourth-order valence-corrected chi connectivity index (χ4v) is 2.42. The van der Waals surface area contributed by atoms with E-state index in [0.717, 1.165) is 12.8 Å². The van der Waals surface area contributed by atoms with Gasteiger partial charge >= 0.3 is 0 Å². The Morgan fingerprint density at radius 2 is 2.41 bits per heavy atom. The summed E-state index contributed by atoms with van der Waals surface area (Å²) in [5.41, 5.74) is 0.514. The number of piperidine rings is 1. The van der Waals surface area contributed by atoms with E-state index in [2.05, 4.69) is 4.98 Å². The first-order chi connectivity index (χ1) is 8.11. The maximum atomic E-state index is 12.2. The minimum atomic E-state index is -0.0393. The number of likely N-dealkylation sites (tertiary alicyclic amines) is 1. The maximum Gasteiger partial charge on any atom is 0.270 e. The summed E-state index contributed by atoms with van der Waals surface area (Å²) in [6.07, 6.45) is 3.52. The third-order valence-electron chi connectivity index (χ3n) is 3.38. The Kier molecular flexibility index (Phi) is 3.74. The molecular formula is C12H17ClN2O2. The van der Waals surface area contributed by atoms with E-state index in [4.69, 9.17) is 11.6 Å². The van der Waals surface area contributed by atoms with Gasteiger partial charge in [0.05, 0.1) is 5.02 Å². The summed E-state index contributed by atoms with van der Waals surface area (Å²) in [6, 6.07) is 1.85. The number of aromatic amines is 1. The average molecular weight is 257 g/mol. The third-order valence-corrected chi connectivity index (χ3v) is 3.60. The summed E-state index contributed by atoms with van der Waals surface area (Å²) < 4.78 is 0. The largest absolute Gasteiger partial charge is 0.396 e. The van der Waals surface area contributed by atoms with Gasteiger partial charge in [-0.2, -0.15) is 0 Å². The molecule has 1 saturated heterocycles. The SMILES string of the molecule is CC1CCC(CO)CN1C(=O)c1cc(Cl)c[nH]1. The predicted molar refractivity (Wildman–Crippen MR) is 66.1 cm³/mol. The van der Waals surface area contributed by atoms with Crippen molar-refractivity contribution < 1.29 is 9.90 Å². The molecule has 0 saturated carbocycles. The van der Waals surface area contributed by atoms with Crippen LogP contribution in [-0.4, -0.2) is 40.1 Å². The van der Waals surface area contributed by atoms with Crippen LogP contribution in [0.5, 0.6) is 0 Å². The highest BCUT2D eigenvalue weighted by atomic mass is 35.5. The fourth-order valence-electron chi connectivity index (χ4n) is 2.26. The highest BCUT2D eigenvalue weighted by Gasteiger charge is 2.29. The van der Waals surface area contributed by atoms with E-state index in [1.807, 2.05) is 11.8 Å². The third kappa shape index (κ3) is 2.64. The van der Waals surface area contributed by atoms with Crippen molar-refractivity contribution in [3.63, 3.8) is 0 Å². The second-order valence-corrected chi connectivity index (χ2v) is 5.10. The number of hydrogen-bond donors (Lipinski definition) is 2. The van der Waals surface area contributed by atoms with Gasteiger partial charge in [-0.3, -0.25) is 4.79 Å². The molecule has 1 aliphatic heterocycles. The van der Waals surface area contributed by atoms with Gasteiger partial charge < -0.3 is 15.0 Å². The molecule has 0 bridgehead atoms. The van der Waals surface area contributed by atoms with Crippen molar-refractivity contribution in [3.05, 3.63) is 23.0 Å². The number of amides is 1. The van der Waals surface area contributed by atoms with Crippen LogP contribution in [0.4, 0.5) is 0 Å². The van der Waals surface area contributed by atoms with Gasteiger partial charge in [0.15, 0.2) is 0 Å². The summed E-state index contributed by atoms with van der Waals surface area (Å²) in [5, 5.41) is 9.72. The van der Waals surface area contributed by atoms with Crippen LogP contribution in [0.3, 0.4) is 0 Å². The summed E-state index contributed by atoms with van der Waals surface area (Å²) in [6.45, 7) is 2.80. The number of hydrogen-bond acceptors (Lipinski definition) is 2. The molecule has 0 aromatic carbocycles. The van der Waals surface area contributed by atoms with E-state index in [-0.39, 0.29) is 24.5 Å². The number of carbonyl (C=O) groups excluding carboxylic acids is 1. The summed E-state index contributed by atoms with van der Waals surface area (Å²) >= 11 is 5.79. The van der Waals surface area contributed by atoms with Crippen LogP contribution in [-0.2, 0) is 0 Å². The highest BCUT2D eigenvalue weighted by Crippen LogP contribution is 2.23. The fraction of sp³-hybridized carbons (Fsp3) is 0.583. The Morgan fingerprint density at radius 3 is 3.00 bits per heavy atom. The molecule has 2 unspecified atom stereocenters. The Balaban J connectivity index is 2.12. The van der Waals surface area contributed by atoms with Gasteiger partial charge in [0, 0.05) is 25.4 Å². The molecule has 1 aromatic heterocycles. The number of aromatic nitrogens is 1. The minimum Gasteiger partial charge on any atom is -0.396 e. The van der Waals surface area contributed by atoms with E-state index in [0.29, 0.717) is 17.3 Å². The number of rotatable bonds is 2. The first kappa shape index (κ1) is 12.5. The van der Waals surface area contributed by atoms with E-state index < -0.39 is 0 Å². The molecule has 4 nitrogen and oxygen atoms in total. The molecule has 1 fully saturated rings. The van der Waals surface area contributed by atoms with Crippen LogP contribution in [0.1, 0.15) is 30.3 Å². The van der Waals surface area contributed by atoms with Gasteiger partial charge in [-0.1, -0.05) is 11.6 Å². The Hall–Kier alpha value is -1.00. The van der Waals surface area contributed by atoms with Crippen molar-refractivity contribution in [1.82, 2.24) is 9.88 Å². The van der Waals surface area contributed by atoms with E-state index in [1.54, 1.807) is 12.3 Å². The molecular weight excluding hydrogens is 240 g/mol. The molecule has 2 N–H and O–H groups in total. The Bertz CT molecular complexity index is 405. The highest BCUT2D eigenvalue weighted by molar-refractivity contribution is 6.30. The second kappa shape index (κ2) is 5.10. The first-order valence-corrected chi connectivity index (χ1v) is 6.25. The van der Waals surface area contributed by atoms with Crippen molar-refractivity contribution in [3.8, 4) is 0 Å². The Morgan fingerprint density at radius 1 is 1.65 bits per heavy atom. The first-order valence-electron chi connectivity index (χ1n) is 5.87. The van der Waals surface area contributed by atoms with Crippen molar-refractivity contribution in [1.29, 1.82) is 0 Å². The monoisotopic (exact) mass is 256 g/mol. The van der Waals surface area contributed by atoms with E-state index >= 15 is 0 Å². The van der Waals surface area contributed by atoms with Crippen LogP contribution >= 0.6 is 11.6 Å². The number of nitrogens with one attached hydrogen (secondary N) is 1. The molecule has 5 heteroatoms. The zero-order valence-electron chi connectivity index (χ0n) is 9.82. The van der Waals surface area contributed by atoms with Gasteiger partial charge in [-0.25, -0.2) is 0 Å². The topological polar surface area (TPSA) is 56.3 Å². The number of carbonyl (C=O) groups is 1. The number of halogens is 1. The molecule has 2 heterocycles. The lowest BCUT2D eigenvalue weighted by Gasteiger charge is -2.37. The van der Waals surface area contributed by atoms with Crippen LogP contribution in [0.2, 0.25) is 5.02 Å². The number of aliphatic hydroxyl groups excluding tert-OH is 1. The summed E-state index contributed by atoms with van der Waals surface area (Å²) in [7, 11) is 0. The number of aliphatic hydroxyl groups is 1. The van der Waals surface area contributed by atoms with Gasteiger partial charge in [0.1, 0.15) is 5.69 Å². The van der Waals surface area contributed by atoms with Crippen LogP contribution < -0.4 is 0 Å². The van der Waals surface area contributed by atoms with Gasteiger partial charge in [0.2, 0.25) is 0 Å².